The molecule has 2 aliphatic rings. The van der Waals surface area contributed by atoms with Crippen LogP contribution in [0.5, 0.6) is 0 Å². The molecule has 3 aromatic carbocycles. The second kappa shape index (κ2) is 10.8. The number of amides is 2. The number of nitrogens with zero attached hydrogens (tertiary/aromatic N) is 3. The standard InChI is InChI=1S/C30H32N4O2/c1-23(35)34-16-15-25-9-5-6-10-28(25)29(34)21-30(36)31-26-11-13-27(14-12-26)33-19-17-32(18-20-33)22-24-7-3-2-4-8-24/h2-16,29H,17-22H2,1H3,(H,31,36). The minimum absolute atomic E-state index is 0.0771. The van der Waals surface area contributed by atoms with Crippen molar-refractivity contribution in [1.82, 2.24) is 9.80 Å². The second-order valence-electron chi connectivity index (χ2n) is 9.43. The molecule has 3 aromatic rings. The largest absolute Gasteiger partial charge is 0.369 e. The van der Waals surface area contributed by atoms with E-state index in [0.717, 1.165) is 49.5 Å². The van der Waals surface area contributed by atoms with Crippen LogP contribution < -0.4 is 10.2 Å². The summed E-state index contributed by atoms with van der Waals surface area (Å²) in [5.74, 6) is -0.189. The molecule has 0 radical (unpaired) electrons. The number of fused-ring (bicyclic) bond motifs is 1. The number of anilines is 2. The topological polar surface area (TPSA) is 55.9 Å². The molecule has 6 nitrogen and oxygen atoms in total. The van der Waals surface area contributed by atoms with E-state index in [9.17, 15) is 9.59 Å². The fraction of sp³-hybridized carbons (Fsp3) is 0.267. The van der Waals surface area contributed by atoms with Gasteiger partial charge in [-0.3, -0.25) is 14.5 Å². The van der Waals surface area contributed by atoms with Gasteiger partial charge in [0.2, 0.25) is 11.8 Å². The number of nitrogens with one attached hydrogen (secondary N) is 1. The van der Waals surface area contributed by atoms with Crippen molar-refractivity contribution in [3.63, 3.8) is 0 Å². The van der Waals surface area contributed by atoms with E-state index in [4.69, 9.17) is 0 Å². The fourth-order valence-electron chi connectivity index (χ4n) is 5.06. The molecular weight excluding hydrogens is 448 g/mol. The third-order valence-corrected chi connectivity index (χ3v) is 6.99. The molecule has 2 heterocycles. The van der Waals surface area contributed by atoms with Crippen LogP contribution in [0.2, 0.25) is 0 Å². The normalized spacial score (nSPS) is 17.5. The number of piperazine rings is 1. The molecule has 1 N–H and O–H groups in total. The molecule has 1 fully saturated rings. The van der Waals surface area contributed by atoms with Crippen molar-refractivity contribution in [2.75, 3.05) is 36.4 Å². The lowest BCUT2D eigenvalue weighted by molar-refractivity contribution is -0.129. The summed E-state index contributed by atoms with van der Waals surface area (Å²) in [5, 5.41) is 3.02. The summed E-state index contributed by atoms with van der Waals surface area (Å²) in [6.07, 6.45) is 3.90. The predicted octanol–water partition coefficient (Wildman–Crippen LogP) is 4.91. The Morgan fingerprint density at radius 2 is 1.56 bits per heavy atom. The quantitative estimate of drug-likeness (QED) is 0.545. The molecule has 0 aliphatic carbocycles. The number of benzene rings is 3. The van der Waals surface area contributed by atoms with Gasteiger partial charge in [-0.2, -0.15) is 0 Å². The molecule has 36 heavy (non-hydrogen) atoms. The first kappa shape index (κ1) is 23.8. The van der Waals surface area contributed by atoms with Crippen molar-refractivity contribution in [3.8, 4) is 0 Å². The van der Waals surface area contributed by atoms with Crippen LogP contribution in [-0.4, -0.2) is 47.8 Å². The van der Waals surface area contributed by atoms with Crippen LogP contribution in [0, 0.1) is 0 Å². The molecule has 2 amide bonds. The molecule has 5 rings (SSSR count). The van der Waals surface area contributed by atoms with Crippen LogP contribution in [0.1, 0.15) is 36.1 Å². The Bertz CT molecular complexity index is 1230. The smallest absolute Gasteiger partial charge is 0.226 e. The highest BCUT2D eigenvalue weighted by Crippen LogP contribution is 2.33. The summed E-state index contributed by atoms with van der Waals surface area (Å²) in [7, 11) is 0. The lowest BCUT2D eigenvalue weighted by Crippen LogP contribution is -2.45. The molecule has 1 saturated heterocycles. The van der Waals surface area contributed by atoms with E-state index < -0.39 is 0 Å². The molecule has 184 valence electrons. The minimum atomic E-state index is -0.310. The SMILES string of the molecule is CC(=O)N1C=Cc2ccccc2C1CC(=O)Nc1ccc(N2CCN(Cc3ccccc3)CC2)cc1. The maximum absolute atomic E-state index is 12.9. The van der Waals surface area contributed by atoms with E-state index in [0.29, 0.717) is 0 Å². The van der Waals surface area contributed by atoms with Crippen molar-refractivity contribution in [2.24, 2.45) is 0 Å². The zero-order valence-corrected chi connectivity index (χ0v) is 20.6. The summed E-state index contributed by atoms with van der Waals surface area (Å²) < 4.78 is 0. The van der Waals surface area contributed by atoms with Crippen molar-refractivity contribution in [2.45, 2.75) is 25.9 Å². The van der Waals surface area contributed by atoms with Crippen molar-refractivity contribution in [1.29, 1.82) is 0 Å². The monoisotopic (exact) mass is 480 g/mol. The average Bonchev–Trinajstić information content (AvgIpc) is 2.90. The molecule has 2 aliphatic heterocycles. The van der Waals surface area contributed by atoms with Crippen molar-refractivity contribution >= 4 is 29.3 Å². The summed E-state index contributed by atoms with van der Waals surface area (Å²) in [5.41, 5.74) is 5.32. The Kier molecular flexibility index (Phi) is 7.14. The van der Waals surface area contributed by atoms with Crippen LogP contribution in [0.25, 0.3) is 6.08 Å². The summed E-state index contributed by atoms with van der Waals surface area (Å²) in [6.45, 7) is 6.53. The number of hydrogen-bond acceptors (Lipinski definition) is 4. The van der Waals surface area contributed by atoms with Gasteiger partial charge in [0.15, 0.2) is 0 Å². The highest BCUT2D eigenvalue weighted by atomic mass is 16.2. The van der Waals surface area contributed by atoms with E-state index >= 15 is 0 Å². The lowest BCUT2D eigenvalue weighted by atomic mass is 9.93. The van der Waals surface area contributed by atoms with E-state index in [1.807, 2.05) is 42.5 Å². The van der Waals surface area contributed by atoms with E-state index in [-0.39, 0.29) is 24.3 Å². The Balaban J connectivity index is 1.16. The Morgan fingerprint density at radius 3 is 2.28 bits per heavy atom. The second-order valence-corrected chi connectivity index (χ2v) is 9.43. The van der Waals surface area contributed by atoms with E-state index in [2.05, 4.69) is 57.6 Å². The van der Waals surface area contributed by atoms with Gasteiger partial charge < -0.3 is 15.1 Å². The fourth-order valence-corrected chi connectivity index (χ4v) is 5.06. The van der Waals surface area contributed by atoms with E-state index in [1.165, 1.54) is 18.2 Å². The van der Waals surface area contributed by atoms with Gasteiger partial charge in [0, 0.05) is 57.2 Å². The maximum atomic E-state index is 12.9. The molecule has 0 spiro atoms. The lowest BCUT2D eigenvalue weighted by Gasteiger charge is -2.36. The molecule has 0 saturated carbocycles. The van der Waals surface area contributed by atoms with Crippen LogP contribution in [0.15, 0.2) is 85.1 Å². The van der Waals surface area contributed by atoms with Gasteiger partial charge >= 0.3 is 0 Å². The average molecular weight is 481 g/mol. The summed E-state index contributed by atoms with van der Waals surface area (Å²) >= 11 is 0. The number of carbonyl (C=O) groups excluding carboxylic acids is 2. The van der Waals surface area contributed by atoms with Gasteiger partial charge in [0.1, 0.15) is 0 Å². The predicted molar refractivity (Wildman–Crippen MR) is 144 cm³/mol. The van der Waals surface area contributed by atoms with Crippen LogP contribution in [-0.2, 0) is 16.1 Å². The Morgan fingerprint density at radius 1 is 0.861 bits per heavy atom. The summed E-state index contributed by atoms with van der Waals surface area (Å²) in [6, 6.07) is 26.3. The highest BCUT2D eigenvalue weighted by Gasteiger charge is 2.28. The minimum Gasteiger partial charge on any atom is -0.369 e. The zero-order chi connectivity index (χ0) is 24.9. The first-order chi connectivity index (χ1) is 17.6. The maximum Gasteiger partial charge on any atom is 0.226 e. The van der Waals surface area contributed by atoms with E-state index in [1.54, 1.807) is 11.1 Å². The molecular formula is C30H32N4O2. The van der Waals surface area contributed by atoms with Crippen molar-refractivity contribution in [3.05, 3.63) is 102 Å². The number of carbonyl (C=O) groups is 2. The van der Waals surface area contributed by atoms with Gasteiger partial charge in [0.25, 0.3) is 0 Å². The first-order valence-electron chi connectivity index (χ1n) is 12.5. The van der Waals surface area contributed by atoms with Gasteiger partial charge in [-0.25, -0.2) is 0 Å². The number of rotatable bonds is 6. The molecule has 1 unspecified atom stereocenters. The zero-order valence-electron chi connectivity index (χ0n) is 20.6. The van der Waals surface area contributed by atoms with Crippen molar-refractivity contribution < 1.29 is 9.59 Å². The Labute approximate surface area is 212 Å². The highest BCUT2D eigenvalue weighted by molar-refractivity contribution is 5.92. The molecule has 6 heteroatoms. The van der Waals surface area contributed by atoms with Gasteiger partial charge in [-0.05, 0) is 47.0 Å². The first-order valence-corrected chi connectivity index (χ1v) is 12.5. The third kappa shape index (κ3) is 5.50. The summed E-state index contributed by atoms with van der Waals surface area (Å²) in [4.78, 5) is 31.7. The van der Waals surface area contributed by atoms with Crippen LogP contribution in [0.4, 0.5) is 11.4 Å². The number of hydrogen-bond donors (Lipinski definition) is 1. The van der Waals surface area contributed by atoms with Gasteiger partial charge in [-0.15, -0.1) is 0 Å². The molecule has 0 bridgehead atoms. The van der Waals surface area contributed by atoms with Crippen LogP contribution >= 0.6 is 0 Å². The Hall–Kier alpha value is -3.90. The molecule has 0 aromatic heterocycles. The third-order valence-electron chi connectivity index (χ3n) is 6.99. The molecule has 1 atom stereocenters. The van der Waals surface area contributed by atoms with Crippen LogP contribution in [0.3, 0.4) is 0 Å². The van der Waals surface area contributed by atoms with Gasteiger partial charge in [0.05, 0.1) is 12.5 Å². The van der Waals surface area contributed by atoms with Gasteiger partial charge in [-0.1, -0.05) is 54.6 Å².